The molecule has 1 aliphatic heterocycles. The minimum Gasteiger partial charge on any atom is -0.381 e. The van der Waals surface area contributed by atoms with E-state index in [1.54, 1.807) is 0 Å². The number of aromatic amines is 1. The minimum atomic E-state index is 0.167. The second kappa shape index (κ2) is 7.04. The maximum atomic E-state index is 12.0. The van der Waals surface area contributed by atoms with Crippen molar-refractivity contribution in [2.45, 2.75) is 40.2 Å². The van der Waals surface area contributed by atoms with E-state index in [-0.39, 0.29) is 5.43 Å². The molecular weight excluding hydrogens is 252 g/mol. The van der Waals surface area contributed by atoms with Crippen LogP contribution in [0.4, 0.5) is 0 Å². The predicted octanol–water partition coefficient (Wildman–Crippen LogP) is 2.24. The van der Waals surface area contributed by atoms with Crippen molar-refractivity contribution >= 4 is 0 Å². The molecule has 0 radical (unpaired) electrons. The number of aromatic nitrogens is 1. The highest BCUT2D eigenvalue weighted by molar-refractivity contribution is 5.23. The summed E-state index contributed by atoms with van der Waals surface area (Å²) < 4.78 is 5.42. The topological polar surface area (TPSA) is 45.3 Å². The Hall–Kier alpha value is -1.13. The van der Waals surface area contributed by atoms with Crippen LogP contribution in [0.1, 0.15) is 36.6 Å². The van der Waals surface area contributed by atoms with Crippen molar-refractivity contribution in [3.63, 3.8) is 0 Å². The number of pyridine rings is 1. The fourth-order valence-corrected chi connectivity index (χ4v) is 2.79. The van der Waals surface area contributed by atoms with Crippen LogP contribution in [0.2, 0.25) is 0 Å². The lowest BCUT2D eigenvalue weighted by Gasteiger charge is -2.29. The summed E-state index contributed by atoms with van der Waals surface area (Å²) in [4.78, 5) is 17.7. The van der Waals surface area contributed by atoms with Crippen molar-refractivity contribution in [3.8, 4) is 0 Å². The summed E-state index contributed by atoms with van der Waals surface area (Å²) in [7, 11) is 0. The summed E-state index contributed by atoms with van der Waals surface area (Å²) in [6.07, 6.45) is 4.13. The average Bonchev–Trinajstić information content (AvgIpc) is 2.48. The van der Waals surface area contributed by atoms with Crippen LogP contribution in [0.3, 0.4) is 0 Å². The van der Waals surface area contributed by atoms with Crippen LogP contribution >= 0.6 is 0 Å². The smallest absolute Gasteiger partial charge is 0.187 e. The summed E-state index contributed by atoms with van der Waals surface area (Å²) >= 11 is 0. The zero-order valence-electron chi connectivity index (χ0n) is 12.9. The summed E-state index contributed by atoms with van der Waals surface area (Å²) in [6.45, 7) is 10.7. The number of nitrogens with one attached hydrogen (secondary N) is 1. The SMILES string of the molecule is CCN(Cc1[nH]cc(C)c(=O)c1C)CC1CCOCC1. The van der Waals surface area contributed by atoms with Gasteiger partial charge in [-0.1, -0.05) is 6.92 Å². The highest BCUT2D eigenvalue weighted by atomic mass is 16.5. The summed E-state index contributed by atoms with van der Waals surface area (Å²) in [6, 6.07) is 0. The van der Waals surface area contributed by atoms with E-state index in [0.717, 1.165) is 68.4 Å². The van der Waals surface area contributed by atoms with Crippen LogP contribution < -0.4 is 5.43 Å². The molecule has 1 aromatic heterocycles. The molecule has 1 saturated heterocycles. The Balaban J connectivity index is 2.02. The molecule has 1 N–H and O–H groups in total. The third kappa shape index (κ3) is 3.70. The van der Waals surface area contributed by atoms with Gasteiger partial charge >= 0.3 is 0 Å². The lowest BCUT2D eigenvalue weighted by atomic mass is 9.99. The number of hydrogen-bond donors (Lipinski definition) is 1. The molecule has 1 aromatic rings. The number of aryl methyl sites for hydroxylation is 1. The van der Waals surface area contributed by atoms with Crippen molar-refractivity contribution in [2.24, 2.45) is 5.92 Å². The molecule has 112 valence electrons. The van der Waals surface area contributed by atoms with Crippen molar-refractivity contribution in [3.05, 3.63) is 33.2 Å². The molecule has 0 aliphatic carbocycles. The first-order valence-corrected chi connectivity index (χ1v) is 7.59. The van der Waals surface area contributed by atoms with Crippen LogP contribution in [0.25, 0.3) is 0 Å². The van der Waals surface area contributed by atoms with E-state index in [9.17, 15) is 4.79 Å². The van der Waals surface area contributed by atoms with Gasteiger partial charge in [-0.3, -0.25) is 9.69 Å². The van der Waals surface area contributed by atoms with Gasteiger partial charge in [0.15, 0.2) is 5.43 Å². The van der Waals surface area contributed by atoms with Gasteiger partial charge in [-0.2, -0.15) is 0 Å². The van der Waals surface area contributed by atoms with Gasteiger partial charge in [-0.25, -0.2) is 0 Å². The van der Waals surface area contributed by atoms with Crippen LogP contribution in [0.15, 0.2) is 11.0 Å². The van der Waals surface area contributed by atoms with E-state index < -0.39 is 0 Å². The first-order valence-electron chi connectivity index (χ1n) is 7.59. The quantitative estimate of drug-likeness (QED) is 0.898. The third-order valence-electron chi connectivity index (χ3n) is 4.30. The number of ether oxygens (including phenoxy) is 1. The Morgan fingerprint density at radius 3 is 2.70 bits per heavy atom. The molecule has 2 rings (SSSR count). The highest BCUT2D eigenvalue weighted by Gasteiger charge is 2.18. The third-order valence-corrected chi connectivity index (χ3v) is 4.30. The minimum absolute atomic E-state index is 0.167. The predicted molar refractivity (Wildman–Crippen MR) is 81.0 cm³/mol. The first kappa shape index (κ1) is 15.3. The van der Waals surface area contributed by atoms with Crippen molar-refractivity contribution in [2.75, 3.05) is 26.3 Å². The molecule has 0 bridgehead atoms. The maximum Gasteiger partial charge on any atom is 0.187 e. The van der Waals surface area contributed by atoms with Gasteiger partial charge in [0.2, 0.25) is 0 Å². The Morgan fingerprint density at radius 1 is 1.35 bits per heavy atom. The standard InChI is InChI=1S/C16H26N2O2/c1-4-18(10-14-5-7-20-8-6-14)11-15-13(3)16(19)12(2)9-17-15/h9,14H,4-8,10-11H2,1-3H3,(H,17,19). The Morgan fingerprint density at radius 2 is 2.05 bits per heavy atom. The molecule has 0 aromatic carbocycles. The van der Waals surface area contributed by atoms with E-state index in [0.29, 0.717) is 0 Å². The largest absolute Gasteiger partial charge is 0.381 e. The van der Waals surface area contributed by atoms with Crippen molar-refractivity contribution < 1.29 is 4.74 Å². The zero-order chi connectivity index (χ0) is 14.5. The van der Waals surface area contributed by atoms with Gasteiger partial charge in [0, 0.05) is 49.3 Å². The van der Waals surface area contributed by atoms with Crippen LogP contribution in [0, 0.1) is 19.8 Å². The second-order valence-corrected chi connectivity index (χ2v) is 5.79. The fraction of sp³-hybridized carbons (Fsp3) is 0.688. The molecule has 4 heteroatoms. The summed E-state index contributed by atoms with van der Waals surface area (Å²) in [5.74, 6) is 0.723. The molecule has 1 fully saturated rings. The molecular formula is C16H26N2O2. The van der Waals surface area contributed by atoms with E-state index in [1.165, 1.54) is 0 Å². The monoisotopic (exact) mass is 278 g/mol. The highest BCUT2D eigenvalue weighted by Crippen LogP contribution is 2.17. The molecule has 2 heterocycles. The summed E-state index contributed by atoms with van der Waals surface area (Å²) in [5, 5.41) is 0. The van der Waals surface area contributed by atoms with E-state index in [4.69, 9.17) is 4.74 Å². The van der Waals surface area contributed by atoms with Crippen molar-refractivity contribution in [1.82, 2.24) is 9.88 Å². The molecule has 0 spiro atoms. The lowest BCUT2D eigenvalue weighted by Crippen LogP contribution is -2.33. The second-order valence-electron chi connectivity index (χ2n) is 5.79. The number of hydrogen-bond acceptors (Lipinski definition) is 3. The van der Waals surface area contributed by atoms with Gasteiger partial charge in [-0.05, 0) is 39.2 Å². The maximum absolute atomic E-state index is 12.0. The Kier molecular flexibility index (Phi) is 5.38. The van der Waals surface area contributed by atoms with Gasteiger partial charge in [0.05, 0.1) is 0 Å². The van der Waals surface area contributed by atoms with Gasteiger partial charge in [-0.15, -0.1) is 0 Å². The van der Waals surface area contributed by atoms with Gasteiger partial charge in [0.25, 0.3) is 0 Å². The van der Waals surface area contributed by atoms with Gasteiger partial charge < -0.3 is 9.72 Å². The number of rotatable bonds is 5. The number of nitrogens with zero attached hydrogens (tertiary/aromatic N) is 1. The molecule has 0 unspecified atom stereocenters. The molecule has 0 amide bonds. The van der Waals surface area contributed by atoms with E-state index >= 15 is 0 Å². The first-order chi connectivity index (χ1) is 9.61. The average molecular weight is 278 g/mol. The Labute approximate surface area is 121 Å². The van der Waals surface area contributed by atoms with E-state index in [1.807, 2.05) is 20.0 Å². The van der Waals surface area contributed by atoms with Crippen LogP contribution in [-0.4, -0.2) is 36.2 Å². The number of H-pyrrole nitrogens is 1. The van der Waals surface area contributed by atoms with Crippen LogP contribution in [-0.2, 0) is 11.3 Å². The zero-order valence-corrected chi connectivity index (χ0v) is 12.9. The Bertz CT molecular complexity index is 490. The molecule has 0 saturated carbocycles. The fourth-order valence-electron chi connectivity index (χ4n) is 2.79. The van der Waals surface area contributed by atoms with Gasteiger partial charge in [0.1, 0.15) is 0 Å². The normalized spacial score (nSPS) is 16.8. The molecule has 1 aliphatic rings. The van der Waals surface area contributed by atoms with E-state index in [2.05, 4.69) is 16.8 Å². The molecule has 4 nitrogen and oxygen atoms in total. The molecule has 20 heavy (non-hydrogen) atoms. The lowest BCUT2D eigenvalue weighted by molar-refractivity contribution is 0.0520. The molecule has 0 atom stereocenters. The van der Waals surface area contributed by atoms with Crippen LogP contribution in [0.5, 0.6) is 0 Å². The van der Waals surface area contributed by atoms with Crippen molar-refractivity contribution in [1.29, 1.82) is 0 Å². The summed E-state index contributed by atoms with van der Waals surface area (Å²) in [5.41, 5.74) is 2.87.